The Kier molecular flexibility index (Phi) is 8.57. The topological polar surface area (TPSA) is 99.1 Å². The molecule has 0 aliphatic heterocycles. The van der Waals surface area contributed by atoms with Gasteiger partial charge >= 0.3 is 12.4 Å². The number of ketones is 1. The first-order valence-corrected chi connectivity index (χ1v) is 18.3. The van der Waals surface area contributed by atoms with Crippen LogP contribution in [0, 0.1) is 33.5 Å². The van der Waals surface area contributed by atoms with Crippen LogP contribution < -0.4 is 10.1 Å². The molecule has 1 unspecified atom stereocenters. The van der Waals surface area contributed by atoms with E-state index in [1.807, 2.05) is 44.2 Å². The van der Waals surface area contributed by atoms with E-state index in [2.05, 4.69) is 42.1 Å². The summed E-state index contributed by atoms with van der Waals surface area (Å²) in [4.78, 5) is 30.0. The molecule has 0 aromatic heterocycles. The zero-order valence-corrected chi connectivity index (χ0v) is 29.8. The van der Waals surface area contributed by atoms with Gasteiger partial charge in [0.1, 0.15) is 5.75 Å². The van der Waals surface area contributed by atoms with Crippen LogP contribution in [-0.4, -0.2) is 57.6 Å². The normalized spacial score (nSPS) is 36.5. The maximum absolute atomic E-state index is 14.7. The van der Waals surface area contributed by atoms with E-state index in [0.717, 1.165) is 18.4 Å². The molecule has 0 radical (unpaired) electrons. The highest BCUT2D eigenvalue weighted by atomic mass is 19.4. The molecule has 7 nitrogen and oxygen atoms in total. The molecule has 2 aromatic rings. The van der Waals surface area contributed by atoms with E-state index in [-0.39, 0.29) is 53.9 Å². The second-order valence-corrected chi connectivity index (χ2v) is 16.7. The minimum atomic E-state index is -4.81. The van der Waals surface area contributed by atoms with Crippen LogP contribution in [0.5, 0.6) is 5.75 Å². The molecule has 0 heterocycles. The molecule has 6 aliphatic rings. The Hall–Kier alpha value is -3.63. The minimum Gasteiger partial charge on any atom is -0.406 e. The van der Waals surface area contributed by atoms with Gasteiger partial charge in [0, 0.05) is 40.0 Å². The summed E-state index contributed by atoms with van der Waals surface area (Å²) in [6.45, 7) is 8.25. The summed E-state index contributed by atoms with van der Waals surface area (Å²) in [5.41, 5.74) is -1.25. The summed E-state index contributed by atoms with van der Waals surface area (Å²) < 4.78 is 42.5. The largest absolute Gasteiger partial charge is 0.573 e. The summed E-state index contributed by atoms with van der Waals surface area (Å²) >= 11 is 0. The van der Waals surface area contributed by atoms with Crippen LogP contribution in [0.15, 0.2) is 78.4 Å². The molecule has 2 amide bonds. The fraction of sp³-hybridized carbons (Fsp3) is 0.561. The van der Waals surface area contributed by atoms with Crippen molar-refractivity contribution in [3.8, 4) is 5.75 Å². The molecular weight excluding hydrogens is 657 g/mol. The fourth-order valence-electron chi connectivity index (χ4n) is 11.2. The number of benzene rings is 2. The lowest BCUT2D eigenvalue weighted by atomic mass is 9.32. The Labute approximate surface area is 297 Å². The number of hydrogen-bond donors (Lipinski definition) is 3. The number of halogens is 3. The monoisotopic (exact) mass is 706 g/mol. The van der Waals surface area contributed by atoms with Crippen molar-refractivity contribution in [1.29, 1.82) is 0 Å². The molecule has 10 heteroatoms. The van der Waals surface area contributed by atoms with Gasteiger partial charge in [-0.15, -0.1) is 13.2 Å². The Morgan fingerprint density at radius 2 is 1.59 bits per heavy atom. The molecule has 8 rings (SSSR count). The standard InChI is InChI=1S/C41H49F3N2O5/c1-26(2)45-35(49)46(24-27-10-12-30(13-11-27)51-41(42,43)44)25-39(50)19-16-33-37(39,4)18-15-32-36(3)17-14-29(47)22-38(36)20-21-40(32,33)31(23-38)34(48)28-8-6-5-7-9-28/h5-13,20-21,23,26,29,32-33,47,50H,14-19,22,24-25H2,1-4H3,(H,45,49)/t29?,32-,33-,36-,37+,38+,39-,40-/m1/s1. The predicted octanol–water partition coefficient (Wildman–Crippen LogP) is 7.98. The minimum absolute atomic E-state index is 0.0120. The number of hydrogen-bond acceptors (Lipinski definition) is 5. The second kappa shape index (κ2) is 12.2. The Morgan fingerprint density at radius 1 is 0.941 bits per heavy atom. The van der Waals surface area contributed by atoms with E-state index < -0.39 is 34.3 Å². The lowest BCUT2D eigenvalue weighted by molar-refractivity contribution is -0.274. The number of Topliss-reactive ketones (excluding diaryl/α,β-unsaturated/α-hetero) is 1. The average Bonchev–Trinajstić information content (AvgIpc) is 3.34. The van der Waals surface area contributed by atoms with Crippen molar-refractivity contribution < 1.29 is 37.7 Å². The van der Waals surface area contributed by atoms with Gasteiger partial charge in [0.25, 0.3) is 0 Å². The molecule has 51 heavy (non-hydrogen) atoms. The first-order chi connectivity index (χ1) is 24.0. The van der Waals surface area contributed by atoms with Crippen LogP contribution in [0.3, 0.4) is 0 Å². The van der Waals surface area contributed by atoms with Gasteiger partial charge in [-0.3, -0.25) is 4.79 Å². The van der Waals surface area contributed by atoms with Crippen LogP contribution in [0.1, 0.15) is 88.6 Å². The summed E-state index contributed by atoms with van der Waals surface area (Å²) in [7, 11) is 0. The summed E-state index contributed by atoms with van der Waals surface area (Å²) in [6.07, 6.45) is 6.18. The van der Waals surface area contributed by atoms with Gasteiger partial charge in [-0.2, -0.15) is 0 Å². The summed E-state index contributed by atoms with van der Waals surface area (Å²) in [5.74, 6) is -0.326. The highest BCUT2D eigenvalue weighted by molar-refractivity contribution is 6.10. The molecule has 6 aliphatic carbocycles. The van der Waals surface area contributed by atoms with Crippen molar-refractivity contribution >= 4 is 11.8 Å². The third-order valence-electron chi connectivity index (χ3n) is 13.7. The first kappa shape index (κ1) is 35.8. The lowest BCUT2D eigenvalue weighted by Gasteiger charge is -2.71. The van der Waals surface area contributed by atoms with E-state index in [1.165, 1.54) is 24.3 Å². The number of urea groups is 1. The molecule has 3 N–H and O–H groups in total. The van der Waals surface area contributed by atoms with Crippen LogP contribution in [0.4, 0.5) is 18.0 Å². The summed E-state index contributed by atoms with van der Waals surface area (Å²) in [6, 6.07) is 14.3. The number of alkyl halides is 3. The fourth-order valence-corrected chi connectivity index (χ4v) is 11.2. The van der Waals surface area contributed by atoms with Crippen molar-refractivity contribution in [2.75, 3.05) is 6.54 Å². The SMILES string of the molecule is CC(C)NC(=O)N(Cc1ccc(OC(F)(F)F)cc1)C[C@]1(O)CC[C@H]2[C@]34C=C[C@@]5(C=C3C(=O)c3ccccc3)CC(O)CC[C@]5(C)[C@H]4CC[C@@]21C. The molecule has 2 bridgehead atoms. The second-order valence-electron chi connectivity index (χ2n) is 16.7. The molecule has 0 saturated heterocycles. The number of fused-ring (bicyclic) bond motifs is 1. The molecule has 3 fully saturated rings. The Bertz CT molecular complexity index is 1740. The van der Waals surface area contributed by atoms with Crippen LogP contribution in [0.2, 0.25) is 0 Å². The third kappa shape index (κ3) is 5.63. The highest BCUT2D eigenvalue weighted by Gasteiger charge is 2.74. The Morgan fingerprint density at radius 3 is 2.25 bits per heavy atom. The van der Waals surface area contributed by atoms with Gasteiger partial charge in [-0.1, -0.05) is 74.5 Å². The quantitative estimate of drug-likeness (QED) is 0.191. The zero-order valence-electron chi connectivity index (χ0n) is 29.8. The van der Waals surface area contributed by atoms with E-state index in [1.54, 1.807) is 4.90 Å². The first-order valence-electron chi connectivity index (χ1n) is 18.3. The van der Waals surface area contributed by atoms with Gasteiger partial charge < -0.3 is 25.2 Å². The van der Waals surface area contributed by atoms with E-state index in [9.17, 15) is 33.0 Å². The van der Waals surface area contributed by atoms with Crippen molar-refractivity contribution in [1.82, 2.24) is 10.2 Å². The number of aliphatic hydroxyl groups is 2. The van der Waals surface area contributed by atoms with Gasteiger partial charge in [-0.25, -0.2) is 4.79 Å². The van der Waals surface area contributed by atoms with E-state index >= 15 is 0 Å². The van der Waals surface area contributed by atoms with Crippen LogP contribution in [0.25, 0.3) is 0 Å². The van der Waals surface area contributed by atoms with Crippen molar-refractivity contribution in [3.63, 3.8) is 0 Å². The number of carbonyl (C=O) groups is 2. The number of carbonyl (C=O) groups excluding carboxylic acids is 2. The third-order valence-corrected chi connectivity index (χ3v) is 13.7. The molecule has 8 atom stereocenters. The van der Waals surface area contributed by atoms with Crippen LogP contribution >= 0.6 is 0 Å². The molecular formula is C41H49F3N2O5. The lowest BCUT2D eigenvalue weighted by Crippen LogP contribution is -2.67. The molecule has 3 saturated carbocycles. The number of amides is 2. The van der Waals surface area contributed by atoms with Gasteiger partial charge in [0.15, 0.2) is 5.78 Å². The predicted molar refractivity (Wildman–Crippen MR) is 187 cm³/mol. The van der Waals surface area contributed by atoms with Crippen molar-refractivity contribution in [2.45, 2.75) is 103 Å². The number of nitrogens with one attached hydrogen (secondary N) is 1. The average molecular weight is 707 g/mol. The van der Waals surface area contributed by atoms with E-state index in [4.69, 9.17) is 0 Å². The zero-order chi connectivity index (χ0) is 36.6. The smallest absolute Gasteiger partial charge is 0.406 e. The van der Waals surface area contributed by atoms with Crippen molar-refractivity contribution in [2.24, 2.45) is 33.5 Å². The number of rotatable bonds is 8. The maximum atomic E-state index is 14.7. The molecule has 2 spiro atoms. The number of allylic oxidation sites excluding steroid dienone is 4. The maximum Gasteiger partial charge on any atom is 0.573 e. The highest BCUT2D eigenvalue weighted by Crippen LogP contribution is 2.78. The van der Waals surface area contributed by atoms with Crippen molar-refractivity contribution in [3.05, 3.63) is 89.5 Å². The summed E-state index contributed by atoms with van der Waals surface area (Å²) in [5, 5.41) is 26.8. The van der Waals surface area contributed by atoms with Gasteiger partial charge in [-0.05, 0) is 93.7 Å². The number of nitrogens with zero attached hydrogens (tertiary/aromatic N) is 1. The molecule has 2 aromatic carbocycles. The molecule has 274 valence electrons. The number of ether oxygens (including phenoxy) is 1. The number of aliphatic hydroxyl groups excluding tert-OH is 1. The van der Waals surface area contributed by atoms with E-state index in [0.29, 0.717) is 43.2 Å². The van der Waals surface area contributed by atoms with Gasteiger partial charge in [0.2, 0.25) is 0 Å². The van der Waals surface area contributed by atoms with Gasteiger partial charge in [0.05, 0.1) is 18.2 Å². The Balaban J connectivity index is 1.26. The van der Waals surface area contributed by atoms with Crippen LogP contribution in [-0.2, 0) is 6.54 Å².